The monoisotopic (exact) mass is 266 g/mol. The molecule has 0 aliphatic carbocycles. The van der Waals surface area contributed by atoms with Crippen molar-refractivity contribution in [1.82, 2.24) is 0 Å². The third-order valence-corrected chi connectivity index (χ3v) is 3.74. The third kappa shape index (κ3) is 2.28. The van der Waals surface area contributed by atoms with Crippen LogP contribution in [-0.2, 0) is 10.2 Å². The van der Waals surface area contributed by atoms with Gasteiger partial charge in [-0.3, -0.25) is 0 Å². The average Bonchev–Trinajstić information content (AvgIpc) is 1.97. The first-order valence-electron chi connectivity index (χ1n) is 3.54. The van der Waals surface area contributed by atoms with E-state index in [1.165, 1.54) is 12.1 Å². The highest BCUT2D eigenvalue weighted by molar-refractivity contribution is 9.10. The van der Waals surface area contributed by atoms with Crippen LogP contribution >= 0.6 is 15.9 Å². The van der Waals surface area contributed by atoms with Gasteiger partial charge in [0.15, 0.2) is 0 Å². The molecule has 0 fully saturated rings. The van der Waals surface area contributed by atoms with Gasteiger partial charge in [0.1, 0.15) is 0 Å². The molecule has 0 aliphatic heterocycles. The zero-order valence-electron chi connectivity index (χ0n) is 7.14. The van der Waals surface area contributed by atoms with Crippen molar-refractivity contribution in [2.45, 2.75) is 18.7 Å². The molecule has 0 saturated carbocycles. The highest BCUT2D eigenvalue weighted by atomic mass is 79.9. The molecular formula is C8H8BrFO2S. The summed E-state index contributed by atoms with van der Waals surface area (Å²) in [4.78, 5) is -0.286. The molecule has 1 aromatic carbocycles. The van der Waals surface area contributed by atoms with E-state index in [9.17, 15) is 12.3 Å². The van der Waals surface area contributed by atoms with Gasteiger partial charge in [0.25, 0.3) is 0 Å². The lowest BCUT2D eigenvalue weighted by Gasteiger charge is -2.04. The summed E-state index contributed by atoms with van der Waals surface area (Å²) in [7, 11) is -4.59. The Morgan fingerprint density at radius 3 is 1.92 bits per heavy atom. The van der Waals surface area contributed by atoms with E-state index in [0.717, 1.165) is 4.47 Å². The van der Waals surface area contributed by atoms with Crippen molar-refractivity contribution in [3.05, 3.63) is 27.7 Å². The minimum atomic E-state index is -4.59. The summed E-state index contributed by atoms with van der Waals surface area (Å²) in [5.74, 6) is 0. The Morgan fingerprint density at radius 1 is 1.23 bits per heavy atom. The summed E-state index contributed by atoms with van der Waals surface area (Å²) < 4.78 is 34.5. The number of benzene rings is 1. The molecule has 0 radical (unpaired) electrons. The molecule has 13 heavy (non-hydrogen) atoms. The molecule has 0 heterocycles. The lowest BCUT2D eigenvalue weighted by molar-refractivity contribution is 0.552. The fraction of sp³-hybridized carbons (Fsp3) is 0.250. The van der Waals surface area contributed by atoms with Crippen LogP contribution in [0.1, 0.15) is 11.1 Å². The van der Waals surface area contributed by atoms with Crippen molar-refractivity contribution >= 4 is 26.2 Å². The molecule has 2 nitrogen and oxygen atoms in total. The molecular weight excluding hydrogens is 259 g/mol. The van der Waals surface area contributed by atoms with Crippen LogP contribution < -0.4 is 0 Å². The van der Waals surface area contributed by atoms with Crippen molar-refractivity contribution in [3.63, 3.8) is 0 Å². The Labute approximate surface area is 85.1 Å². The van der Waals surface area contributed by atoms with Crippen molar-refractivity contribution in [2.75, 3.05) is 0 Å². The van der Waals surface area contributed by atoms with Crippen molar-refractivity contribution in [3.8, 4) is 0 Å². The van der Waals surface area contributed by atoms with Crippen LogP contribution in [0.3, 0.4) is 0 Å². The van der Waals surface area contributed by atoms with Gasteiger partial charge in [-0.2, -0.15) is 8.42 Å². The van der Waals surface area contributed by atoms with Crippen LogP contribution in [0.2, 0.25) is 0 Å². The molecule has 1 rings (SSSR count). The molecule has 1 aromatic rings. The quantitative estimate of drug-likeness (QED) is 0.733. The van der Waals surface area contributed by atoms with Crippen molar-refractivity contribution in [1.29, 1.82) is 0 Å². The van der Waals surface area contributed by atoms with Gasteiger partial charge in [0, 0.05) is 4.47 Å². The number of aryl methyl sites for hydroxylation is 2. The Bertz CT molecular complexity index is 416. The van der Waals surface area contributed by atoms with Gasteiger partial charge in [-0.05, 0) is 37.1 Å². The molecule has 0 amide bonds. The Kier molecular flexibility index (Phi) is 2.77. The molecule has 0 N–H and O–H groups in total. The molecule has 0 aliphatic rings. The summed E-state index contributed by atoms with van der Waals surface area (Å²) in [6, 6.07) is 2.60. The van der Waals surface area contributed by atoms with Crippen LogP contribution in [-0.4, -0.2) is 8.42 Å². The molecule has 72 valence electrons. The Balaban J connectivity index is 3.47. The molecule has 0 bridgehead atoms. The normalized spacial score (nSPS) is 11.7. The van der Waals surface area contributed by atoms with Gasteiger partial charge < -0.3 is 0 Å². The first-order chi connectivity index (χ1) is 5.82. The second kappa shape index (κ2) is 3.38. The van der Waals surface area contributed by atoms with E-state index in [1.54, 1.807) is 13.8 Å². The summed E-state index contributed by atoms with van der Waals surface area (Å²) in [6.45, 7) is 3.43. The third-order valence-electron chi connectivity index (χ3n) is 1.69. The minimum absolute atomic E-state index is 0.286. The van der Waals surface area contributed by atoms with Crippen LogP contribution in [0.25, 0.3) is 0 Å². The maximum Gasteiger partial charge on any atom is 0.332 e. The SMILES string of the molecule is Cc1cc(S(=O)(=O)F)cc(C)c1Br. The van der Waals surface area contributed by atoms with Crippen LogP contribution in [0, 0.1) is 13.8 Å². The van der Waals surface area contributed by atoms with E-state index < -0.39 is 10.2 Å². The molecule has 5 heteroatoms. The first kappa shape index (κ1) is 10.7. The van der Waals surface area contributed by atoms with Crippen molar-refractivity contribution < 1.29 is 12.3 Å². The van der Waals surface area contributed by atoms with E-state index in [0.29, 0.717) is 11.1 Å². The van der Waals surface area contributed by atoms with Gasteiger partial charge in [0.2, 0.25) is 0 Å². The zero-order valence-corrected chi connectivity index (χ0v) is 9.54. The summed E-state index contributed by atoms with van der Waals surface area (Å²) in [6.07, 6.45) is 0. The van der Waals surface area contributed by atoms with Gasteiger partial charge in [-0.25, -0.2) is 0 Å². The first-order valence-corrected chi connectivity index (χ1v) is 5.71. The van der Waals surface area contributed by atoms with E-state index in [1.807, 2.05) is 0 Å². The zero-order chi connectivity index (χ0) is 10.2. The molecule has 0 unspecified atom stereocenters. The summed E-state index contributed by atoms with van der Waals surface area (Å²) in [5.41, 5.74) is 1.41. The summed E-state index contributed by atoms with van der Waals surface area (Å²) >= 11 is 3.26. The van der Waals surface area contributed by atoms with Gasteiger partial charge in [0.05, 0.1) is 4.90 Å². The lowest BCUT2D eigenvalue weighted by Crippen LogP contribution is -1.94. The van der Waals surface area contributed by atoms with Crippen LogP contribution in [0.4, 0.5) is 3.89 Å². The smallest absolute Gasteiger partial charge is 0.189 e. The van der Waals surface area contributed by atoms with Gasteiger partial charge in [-0.1, -0.05) is 15.9 Å². The van der Waals surface area contributed by atoms with E-state index in [2.05, 4.69) is 15.9 Å². The topological polar surface area (TPSA) is 34.1 Å². The number of hydrogen-bond donors (Lipinski definition) is 0. The van der Waals surface area contributed by atoms with E-state index in [4.69, 9.17) is 0 Å². The fourth-order valence-electron chi connectivity index (χ4n) is 1.05. The minimum Gasteiger partial charge on any atom is -0.189 e. The van der Waals surface area contributed by atoms with Crippen LogP contribution in [0.15, 0.2) is 21.5 Å². The largest absolute Gasteiger partial charge is 0.332 e. The van der Waals surface area contributed by atoms with E-state index in [-0.39, 0.29) is 4.90 Å². The fourth-order valence-corrected chi connectivity index (χ4v) is 1.91. The predicted molar refractivity (Wildman–Crippen MR) is 51.9 cm³/mol. The molecule has 0 saturated heterocycles. The summed E-state index contributed by atoms with van der Waals surface area (Å²) in [5, 5.41) is 0. The Hall–Kier alpha value is -0.420. The molecule has 0 spiro atoms. The van der Waals surface area contributed by atoms with Gasteiger partial charge >= 0.3 is 10.2 Å². The number of halogens is 2. The number of hydrogen-bond acceptors (Lipinski definition) is 2. The maximum absolute atomic E-state index is 12.6. The second-order valence-electron chi connectivity index (χ2n) is 2.81. The Morgan fingerprint density at radius 2 is 1.62 bits per heavy atom. The maximum atomic E-state index is 12.6. The highest BCUT2D eigenvalue weighted by Gasteiger charge is 2.14. The molecule has 0 atom stereocenters. The molecule has 0 aromatic heterocycles. The van der Waals surface area contributed by atoms with Gasteiger partial charge in [-0.15, -0.1) is 3.89 Å². The lowest BCUT2D eigenvalue weighted by atomic mass is 10.2. The van der Waals surface area contributed by atoms with Crippen molar-refractivity contribution in [2.24, 2.45) is 0 Å². The second-order valence-corrected chi connectivity index (χ2v) is 4.95. The number of rotatable bonds is 1. The predicted octanol–water partition coefficient (Wildman–Crippen LogP) is 2.72. The highest BCUT2D eigenvalue weighted by Crippen LogP contribution is 2.25. The van der Waals surface area contributed by atoms with Crippen LogP contribution in [0.5, 0.6) is 0 Å². The standard InChI is InChI=1S/C8H8BrFO2S/c1-5-3-7(13(10,11)12)4-6(2)8(5)9/h3-4H,1-2H3. The average molecular weight is 267 g/mol. The van der Waals surface area contributed by atoms with E-state index >= 15 is 0 Å².